The number of amides is 2. The Morgan fingerprint density at radius 3 is 1.34 bits per heavy atom. The topological polar surface area (TPSA) is 148 Å². The number of esters is 2. The van der Waals surface area contributed by atoms with Crippen molar-refractivity contribution in [3.05, 3.63) is 106 Å². The number of carbonyl (C=O) groups is 5. The zero-order chi connectivity index (χ0) is 27.8. The molecular formula is C28H26N2O8. The summed E-state index contributed by atoms with van der Waals surface area (Å²) in [5.74, 6) is -5.76. The number of ether oxygens (including phenoxy) is 2. The second-order valence-electron chi connectivity index (χ2n) is 8.53. The number of benzene rings is 3. The van der Waals surface area contributed by atoms with Crippen LogP contribution in [0.2, 0.25) is 0 Å². The molecule has 2 atom stereocenters. The first-order valence-electron chi connectivity index (χ1n) is 11.5. The van der Waals surface area contributed by atoms with E-state index in [1.54, 1.807) is 50.2 Å². The number of hydrogen-bond acceptors (Lipinski definition) is 7. The molecule has 0 radical (unpaired) electrons. The summed E-state index contributed by atoms with van der Waals surface area (Å²) in [5, 5.41) is 9.80. The lowest BCUT2D eigenvalue weighted by atomic mass is 10.1. The van der Waals surface area contributed by atoms with Crippen molar-refractivity contribution in [2.75, 3.05) is 0 Å². The second-order valence-corrected chi connectivity index (χ2v) is 8.53. The van der Waals surface area contributed by atoms with Crippen LogP contribution >= 0.6 is 0 Å². The van der Waals surface area contributed by atoms with Gasteiger partial charge in [-0.2, -0.15) is 0 Å². The molecule has 0 unspecified atom stereocenters. The molecule has 0 bridgehead atoms. The highest BCUT2D eigenvalue weighted by atomic mass is 16.6. The lowest BCUT2D eigenvalue weighted by Gasteiger charge is -2.23. The number of hydrogen-bond donors (Lipinski definition) is 3. The van der Waals surface area contributed by atoms with E-state index in [2.05, 4.69) is 5.43 Å². The van der Waals surface area contributed by atoms with Crippen LogP contribution in [0.4, 0.5) is 0 Å². The van der Waals surface area contributed by atoms with Crippen LogP contribution in [0.15, 0.2) is 72.8 Å². The molecule has 3 rings (SSSR count). The standard InChI is InChI=1S/C28H26N2O8/c1-16-4-10-19(11-5-16)24(31)29-30-25(32)22(37-27(35)20-12-6-17(2)7-13-20)23(26(33)34)38-28(36)21-14-8-18(3)9-15-21/h4-15,22-23H,1-3H3,(H,29,31)(H,30,32)(H,33,34)/t22-,23-/m0/s1. The van der Waals surface area contributed by atoms with Gasteiger partial charge in [0.2, 0.25) is 12.2 Å². The zero-order valence-electron chi connectivity index (χ0n) is 20.9. The minimum Gasteiger partial charge on any atom is -0.478 e. The van der Waals surface area contributed by atoms with E-state index in [9.17, 15) is 29.1 Å². The lowest BCUT2D eigenvalue weighted by Crippen LogP contribution is -2.54. The number of aryl methyl sites for hydroxylation is 3. The van der Waals surface area contributed by atoms with E-state index in [4.69, 9.17) is 9.47 Å². The molecule has 0 spiro atoms. The van der Waals surface area contributed by atoms with Crippen molar-refractivity contribution < 1.29 is 38.6 Å². The van der Waals surface area contributed by atoms with Gasteiger partial charge in [-0.25, -0.2) is 14.4 Å². The number of carboxylic acid groups (broad SMARTS) is 1. The van der Waals surface area contributed by atoms with Gasteiger partial charge in [0.05, 0.1) is 11.1 Å². The van der Waals surface area contributed by atoms with Gasteiger partial charge in [0, 0.05) is 5.56 Å². The van der Waals surface area contributed by atoms with E-state index in [1.165, 1.54) is 36.4 Å². The Hall–Kier alpha value is -4.99. The Morgan fingerprint density at radius 2 is 0.947 bits per heavy atom. The van der Waals surface area contributed by atoms with Gasteiger partial charge in [-0.1, -0.05) is 53.1 Å². The molecule has 0 aliphatic carbocycles. The van der Waals surface area contributed by atoms with Gasteiger partial charge >= 0.3 is 17.9 Å². The molecule has 2 amide bonds. The Balaban J connectivity index is 1.84. The predicted molar refractivity (Wildman–Crippen MR) is 135 cm³/mol. The molecular weight excluding hydrogens is 492 g/mol. The number of aliphatic carboxylic acids is 1. The van der Waals surface area contributed by atoms with Crippen molar-refractivity contribution >= 4 is 29.7 Å². The summed E-state index contributed by atoms with van der Waals surface area (Å²) >= 11 is 0. The van der Waals surface area contributed by atoms with Crippen LogP contribution in [-0.4, -0.2) is 47.0 Å². The first kappa shape index (κ1) is 27.6. The Kier molecular flexibility index (Phi) is 8.94. The van der Waals surface area contributed by atoms with Crippen molar-refractivity contribution in [3.63, 3.8) is 0 Å². The maximum Gasteiger partial charge on any atom is 0.349 e. The third-order valence-corrected chi connectivity index (χ3v) is 5.43. The van der Waals surface area contributed by atoms with E-state index in [-0.39, 0.29) is 16.7 Å². The fourth-order valence-electron chi connectivity index (χ4n) is 3.21. The summed E-state index contributed by atoms with van der Waals surface area (Å²) in [7, 11) is 0. The Labute approximate surface area is 218 Å². The second kappa shape index (κ2) is 12.3. The van der Waals surface area contributed by atoms with E-state index in [0.29, 0.717) is 0 Å². The molecule has 0 saturated heterocycles. The molecule has 0 saturated carbocycles. The fourth-order valence-corrected chi connectivity index (χ4v) is 3.21. The fraction of sp³-hybridized carbons (Fsp3) is 0.179. The van der Waals surface area contributed by atoms with Crippen LogP contribution in [0.3, 0.4) is 0 Å². The van der Waals surface area contributed by atoms with Crippen LogP contribution in [0.5, 0.6) is 0 Å². The molecule has 3 aromatic carbocycles. The zero-order valence-corrected chi connectivity index (χ0v) is 20.9. The largest absolute Gasteiger partial charge is 0.478 e. The summed E-state index contributed by atoms with van der Waals surface area (Å²) in [5.41, 5.74) is 7.07. The lowest BCUT2D eigenvalue weighted by molar-refractivity contribution is -0.159. The maximum absolute atomic E-state index is 13.0. The van der Waals surface area contributed by atoms with Crippen molar-refractivity contribution in [1.82, 2.24) is 10.9 Å². The minimum absolute atomic E-state index is 0.0264. The van der Waals surface area contributed by atoms with Crippen LogP contribution in [0.1, 0.15) is 47.8 Å². The highest BCUT2D eigenvalue weighted by Gasteiger charge is 2.41. The van der Waals surface area contributed by atoms with Gasteiger partial charge in [0.25, 0.3) is 11.8 Å². The monoisotopic (exact) mass is 518 g/mol. The SMILES string of the molecule is Cc1ccc(C(=O)NNC(=O)[C@@H](OC(=O)c2ccc(C)cc2)[C@H](OC(=O)c2ccc(C)cc2)C(=O)O)cc1. The number of hydrazine groups is 1. The first-order chi connectivity index (χ1) is 18.0. The Bertz CT molecular complexity index is 1330. The average Bonchev–Trinajstić information content (AvgIpc) is 2.89. The molecule has 10 heteroatoms. The molecule has 196 valence electrons. The highest BCUT2D eigenvalue weighted by Crippen LogP contribution is 2.14. The molecule has 0 fully saturated rings. The number of nitrogens with one attached hydrogen (secondary N) is 2. The Morgan fingerprint density at radius 1 is 0.579 bits per heavy atom. The number of carbonyl (C=O) groups excluding carboxylic acids is 4. The summed E-state index contributed by atoms with van der Waals surface area (Å²) in [4.78, 5) is 62.9. The summed E-state index contributed by atoms with van der Waals surface area (Å²) in [6.07, 6.45) is -4.37. The van der Waals surface area contributed by atoms with Gasteiger partial charge in [0.15, 0.2) is 0 Å². The number of rotatable bonds is 8. The van der Waals surface area contributed by atoms with Crippen molar-refractivity contribution in [2.45, 2.75) is 33.0 Å². The average molecular weight is 519 g/mol. The first-order valence-corrected chi connectivity index (χ1v) is 11.5. The van der Waals surface area contributed by atoms with Crippen molar-refractivity contribution in [3.8, 4) is 0 Å². The van der Waals surface area contributed by atoms with E-state index >= 15 is 0 Å². The third kappa shape index (κ3) is 7.26. The minimum atomic E-state index is -2.23. The molecule has 38 heavy (non-hydrogen) atoms. The van der Waals surface area contributed by atoms with Gasteiger partial charge < -0.3 is 14.6 Å². The normalized spacial score (nSPS) is 12.0. The van der Waals surface area contributed by atoms with E-state index < -0.39 is 41.9 Å². The quantitative estimate of drug-likeness (QED) is 0.305. The molecule has 10 nitrogen and oxygen atoms in total. The smallest absolute Gasteiger partial charge is 0.349 e. The summed E-state index contributed by atoms with van der Waals surface area (Å²) in [6.45, 7) is 5.43. The van der Waals surface area contributed by atoms with Crippen molar-refractivity contribution in [2.24, 2.45) is 0 Å². The van der Waals surface area contributed by atoms with Gasteiger partial charge in [0.1, 0.15) is 0 Å². The number of carboxylic acids is 1. The molecule has 0 aliphatic rings. The van der Waals surface area contributed by atoms with Crippen LogP contribution in [-0.2, 0) is 19.1 Å². The van der Waals surface area contributed by atoms with E-state index in [1.807, 2.05) is 12.3 Å². The molecule has 0 aromatic heterocycles. The van der Waals surface area contributed by atoms with Gasteiger partial charge in [-0.15, -0.1) is 0 Å². The summed E-state index contributed by atoms with van der Waals surface area (Å²) < 4.78 is 10.3. The van der Waals surface area contributed by atoms with E-state index in [0.717, 1.165) is 16.7 Å². The third-order valence-electron chi connectivity index (χ3n) is 5.43. The van der Waals surface area contributed by atoms with Crippen LogP contribution in [0.25, 0.3) is 0 Å². The highest BCUT2D eigenvalue weighted by molar-refractivity contribution is 5.99. The summed E-state index contributed by atoms with van der Waals surface area (Å²) in [6, 6.07) is 18.6. The van der Waals surface area contributed by atoms with Gasteiger partial charge in [-0.3, -0.25) is 20.4 Å². The van der Waals surface area contributed by atoms with Gasteiger partial charge in [-0.05, 0) is 57.2 Å². The molecule has 3 N–H and O–H groups in total. The van der Waals surface area contributed by atoms with Crippen LogP contribution in [0, 0.1) is 20.8 Å². The molecule has 0 heterocycles. The van der Waals surface area contributed by atoms with Crippen LogP contribution < -0.4 is 10.9 Å². The maximum atomic E-state index is 13.0. The molecule has 0 aliphatic heterocycles. The molecule has 3 aromatic rings. The van der Waals surface area contributed by atoms with Crippen molar-refractivity contribution in [1.29, 1.82) is 0 Å². The predicted octanol–water partition coefficient (Wildman–Crippen LogP) is 2.91.